The quantitative estimate of drug-likeness (QED) is 0.221. The first-order valence-corrected chi connectivity index (χ1v) is 16.6. The van der Waals surface area contributed by atoms with Crippen molar-refractivity contribution in [3.8, 4) is 11.5 Å². The van der Waals surface area contributed by atoms with E-state index in [0.29, 0.717) is 40.4 Å². The molecular formula is C35H42ClN5O4S. The summed E-state index contributed by atoms with van der Waals surface area (Å²) in [6.07, 6.45) is 1.68. The minimum Gasteiger partial charge on any atom is -0.495 e. The third-order valence-electron chi connectivity index (χ3n) is 8.29. The van der Waals surface area contributed by atoms with Crippen LogP contribution in [0.15, 0.2) is 72.8 Å². The van der Waals surface area contributed by atoms with Crippen LogP contribution in [0.1, 0.15) is 31.7 Å². The highest BCUT2D eigenvalue weighted by Gasteiger charge is 2.44. The predicted molar refractivity (Wildman–Crippen MR) is 187 cm³/mol. The summed E-state index contributed by atoms with van der Waals surface area (Å²) in [4.78, 5) is 35.5. The van der Waals surface area contributed by atoms with Gasteiger partial charge in [-0.1, -0.05) is 48.9 Å². The van der Waals surface area contributed by atoms with Crippen LogP contribution >= 0.6 is 23.8 Å². The summed E-state index contributed by atoms with van der Waals surface area (Å²) in [6.45, 7) is 9.07. The van der Waals surface area contributed by atoms with E-state index in [0.717, 1.165) is 57.9 Å². The lowest BCUT2D eigenvalue weighted by Gasteiger charge is -2.35. The van der Waals surface area contributed by atoms with Crippen molar-refractivity contribution in [1.82, 2.24) is 14.7 Å². The van der Waals surface area contributed by atoms with Crippen LogP contribution in [-0.2, 0) is 16.1 Å². The number of anilines is 2. The lowest BCUT2D eigenvalue weighted by atomic mass is 10.1. The van der Waals surface area contributed by atoms with Crippen molar-refractivity contribution in [1.29, 1.82) is 0 Å². The monoisotopic (exact) mass is 663 g/mol. The number of nitrogens with zero attached hydrogens (tertiary/aromatic N) is 4. The third-order valence-corrected chi connectivity index (χ3v) is 9.00. The van der Waals surface area contributed by atoms with Crippen molar-refractivity contribution in [3.63, 3.8) is 0 Å². The molecule has 2 heterocycles. The Morgan fingerprint density at radius 3 is 2.37 bits per heavy atom. The maximum Gasteiger partial charge on any atom is 0.256 e. The highest BCUT2D eigenvalue weighted by Crippen LogP contribution is 2.33. The van der Waals surface area contributed by atoms with Crippen molar-refractivity contribution < 1.29 is 19.1 Å². The lowest BCUT2D eigenvalue weighted by Crippen LogP contribution is -2.47. The number of rotatable bonds is 14. The Morgan fingerprint density at radius 2 is 1.70 bits per heavy atom. The van der Waals surface area contributed by atoms with Gasteiger partial charge in [0, 0.05) is 45.0 Å². The number of piperazine rings is 1. The Morgan fingerprint density at radius 1 is 0.978 bits per heavy atom. The van der Waals surface area contributed by atoms with Gasteiger partial charge in [0.15, 0.2) is 5.11 Å². The zero-order valence-electron chi connectivity index (χ0n) is 26.5. The first kappa shape index (κ1) is 33.7. The van der Waals surface area contributed by atoms with Gasteiger partial charge in [-0.2, -0.15) is 0 Å². The number of hydrogen-bond donors (Lipinski definition) is 1. The summed E-state index contributed by atoms with van der Waals surface area (Å²) in [5.74, 6) is 0.733. The van der Waals surface area contributed by atoms with E-state index in [9.17, 15) is 9.59 Å². The van der Waals surface area contributed by atoms with Crippen molar-refractivity contribution in [2.24, 2.45) is 0 Å². The van der Waals surface area contributed by atoms with Gasteiger partial charge in [-0.05, 0) is 79.6 Å². The van der Waals surface area contributed by atoms with Gasteiger partial charge in [0.1, 0.15) is 17.5 Å². The maximum atomic E-state index is 13.9. The van der Waals surface area contributed by atoms with Crippen LogP contribution in [0.25, 0.3) is 0 Å². The van der Waals surface area contributed by atoms with Crippen molar-refractivity contribution in [2.75, 3.05) is 63.2 Å². The fraction of sp³-hybridized carbons (Fsp3) is 0.400. The topological polar surface area (TPSA) is 77.6 Å². The van der Waals surface area contributed by atoms with E-state index in [4.69, 9.17) is 33.3 Å². The number of benzene rings is 3. The Labute approximate surface area is 282 Å². The van der Waals surface area contributed by atoms with Crippen molar-refractivity contribution in [2.45, 2.75) is 38.8 Å². The molecule has 0 radical (unpaired) electrons. The van der Waals surface area contributed by atoms with E-state index in [-0.39, 0.29) is 18.2 Å². The minimum absolute atomic E-state index is 0.0361. The van der Waals surface area contributed by atoms with Crippen LogP contribution < -0.4 is 19.7 Å². The second-order valence-corrected chi connectivity index (χ2v) is 12.3. The smallest absolute Gasteiger partial charge is 0.256 e. The summed E-state index contributed by atoms with van der Waals surface area (Å²) >= 11 is 12.3. The molecular weight excluding hydrogens is 622 g/mol. The number of carbonyl (C=O) groups is 2. The van der Waals surface area contributed by atoms with E-state index in [1.807, 2.05) is 30.0 Å². The SMILES string of the molecule is CCCOc1ccc(NC(=O)CC2C(=O)N(c3ccc(OC)c(Cl)c3)C(=S)N2CCCN2CCN(Cc3ccccc3)CC2)cc1. The average molecular weight is 664 g/mol. The van der Waals surface area contributed by atoms with Crippen molar-refractivity contribution >= 4 is 52.1 Å². The van der Waals surface area contributed by atoms with Gasteiger partial charge in [0.25, 0.3) is 5.91 Å². The first-order chi connectivity index (χ1) is 22.4. The molecule has 9 nitrogen and oxygen atoms in total. The molecule has 3 aromatic rings. The lowest BCUT2D eigenvalue weighted by molar-refractivity contribution is -0.124. The van der Waals surface area contributed by atoms with Crippen LogP contribution in [-0.4, -0.2) is 90.7 Å². The van der Waals surface area contributed by atoms with E-state index in [1.54, 1.807) is 30.3 Å². The van der Waals surface area contributed by atoms with Crippen molar-refractivity contribution in [3.05, 3.63) is 83.4 Å². The number of nitrogens with one attached hydrogen (secondary N) is 1. The fourth-order valence-corrected chi connectivity index (χ4v) is 6.50. The second-order valence-electron chi connectivity index (χ2n) is 11.6. The van der Waals surface area contributed by atoms with Gasteiger partial charge in [0.05, 0.1) is 30.8 Å². The molecule has 2 amide bonds. The minimum atomic E-state index is -0.733. The summed E-state index contributed by atoms with van der Waals surface area (Å²) in [5, 5.41) is 3.68. The van der Waals surface area contributed by atoms with Gasteiger partial charge >= 0.3 is 0 Å². The first-order valence-electron chi connectivity index (χ1n) is 15.9. The van der Waals surface area contributed by atoms with E-state index in [2.05, 4.69) is 39.4 Å². The molecule has 0 spiro atoms. The largest absolute Gasteiger partial charge is 0.495 e. The average Bonchev–Trinajstić information content (AvgIpc) is 3.29. The van der Waals surface area contributed by atoms with Gasteiger partial charge in [0.2, 0.25) is 5.91 Å². The fourth-order valence-electron chi connectivity index (χ4n) is 5.84. The molecule has 0 bridgehead atoms. The highest BCUT2D eigenvalue weighted by molar-refractivity contribution is 7.80. The molecule has 2 aliphatic rings. The summed E-state index contributed by atoms with van der Waals surface area (Å²) in [6, 6.07) is 22.2. The van der Waals surface area contributed by atoms with E-state index in [1.165, 1.54) is 17.6 Å². The van der Waals surface area contributed by atoms with Crippen LogP contribution in [0, 0.1) is 0 Å². The molecule has 2 aliphatic heterocycles. The summed E-state index contributed by atoms with van der Waals surface area (Å²) in [5.41, 5.74) is 2.52. The van der Waals surface area contributed by atoms with Gasteiger partial charge < -0.3 is 24.6 Å². The van der Waals surface area contributed by atoms with E-state index < -0.39 is 6.04 Å². The van der Waals surface area contributed by atoms with Gasteiger partial charge in [-0.3, -0.25) is 19.4 Å². The van der Waals surface area contributed by atoms with Crippen LogP contribution in [0.2, 0.25) is 5.02 Å². The number of hydrogen-bond acceptors (Lipinski definition) is 7. The molecule has 0 aromatic heterocycles. The molecule has 11 heteroatoms. The Kier molecular flexibility index (Phi) is 11.9. The number of halogens is 1. The standard InChI is InChI=1S/C35H42ClN5O4S/c1-3-22-45-29-13-10-27(11-14-29)37-33(42)24-31-34(43)41(28-12-15-32(44-2)30(36)23-28)35(46)40(31)17-7-16-38-18-20-39(21-19-38)25-26-8-5-4-6-9-26/h4-6,8-15,23,31H,3,7,16-22,24-25H2,1-2H3,(H,37,42). The highest BCUT2D eigenvalue weighted by atomic mass is 35.5. The molecule has 0 saturated carbocycles. The number of amides is 2. The molecule has 5 rings (SSSR count). The van der Waals surface area contributed by atoms with Crippen LogP contribution in [0.4, 0.5) is 11.4 Å². The molecule has 46 heavy (non-hydrogen) atoms. The molecule has 1 N–H and O–H groups in total. The summed E-state index contributed by atoms with van der Waals surface area (Å²) in [7, 11) is 1.54. The maximum absolute atomic E-state index is 13.9. The zero-order valence-corrected chi connectivity index (χ0v) is 28.1. The molecule has 244 valence electrons. The predicted octanol–water partition coefficient (Wildman–Crippen LogP) is 5.68. The molecule has 2 fully saturated rings. The third kappa shape index (κ3) is 8.55. The van der Waals surface area contributed by atoms with Crippen LogP contribution in [0.3, 0.4) is 0 Å². The Balaban J connectivity index is 1.22. The number of carbonyl (C=O) groups excluding carboxylic acids is 2. The number of methoxy groups -OCH3 is 1. The normalized spacial score (nSPS) is 17.4. The zero-order chi connectivity index (χ0) is 32.5. The van der Waals surface area contributed by atoms with Gasteiger partial charge in [-0.25, -0.2) is 0 Å². The summed E-state index contributed by atoms with van der Waals surface area (Å²) < 4.78 is 10.9. The molecule has 3 aromatic carbocycles. The van der Waals surface area contributed by atoms with E-state index >= 15 is 0 Å². The Hall–Kier alpha value is -3.70. The van der Waals surface area contributed by atoms with Gasteiger partial charge in [-0.15, -0.1) is 0 Å². The molecule has 2 saturated heterocycles. The Bertz CT molecular complexity index is 1480. The number of ether oxygens (including phenoxy) is 2. The molecule has 1 atom stereocenters. The second kappa shape index (κ2) is 16.2. The number of thiocarbonyl (C=S) groups is 1. The van der Waals surface area contributed by atoms with Crippen LogP contribution in [0.5, 0.6) is 11.5 Å². The molecule has 1 unspecified atom stereocenters. The molecule has 0 aliphatic carbocycles.